The highest BCUT2D eigenvalue weighted by molar-refractivity contribution is 8.00. The number of aryl methyl sites for hydroxylation is 1. The first-order valence-corrected chi connectivity index (χ1v) is 14.7. The number of aliphatic hydroxyl groups excluding tert-OH is 1. The van der Waals surface area contributed by atoms with Crippen molar-refractivity contribution in [1.82, 2.24) is 20.9 Å². The van der Waals surface area contributed by atoms with Crippen LogP contribution in [0, 0.1) is 12.8 Å². The first kappa shape index (κ1) is 29.1. The number of hydrogen-bond donors (Lipinski definition) is 4. The summed E-state index contributed by atoms with van der Waals surface area (Å²) in [5.74, 6) is -0.902. The Hall–Kier alpha value is -2.88. The molecule has 4 atom stereocenters. The van der Waals surface area contributed by atoms with Crippen molar-refractivity contribution in [2.45, 2.75) is 69.5 Å². The fourth-order valence-electron chi connectivity index (χ4n) is 5.33. The largest absolute Gasteiger partial charge is 0.381 e. The number of benzene rings is 2. The molecule has 3 amide bonds. The molecule has 0 aliphatic carbocycles. The normalized spacial score (nSPS) is 22.1. The third kappa shape index (κ3) is 7.21. The number of hydrogen-bond acceptors (Lipinski definition) is 6. The van der Waals surface area contributed by atoms with E-state index in [0.717, 1.165) is 36.1 Å². The van der Waals surface area contributed by atoms with Gasteiger partial charge in [0.2, 0.25) is 11.8 Å². The molecule has 8 nitrogen and oxygen atoms in total. The Labute approximate surface area is 235 Å². The summed E-state index contributed by atoms with van der Waals surface area (Å²) < 4.78 is -0.545. The minimum Gasteiger partial charge on any atom is -0.381 e. The number of amides is 3. The van der Waals surface area contributed by atoms with Crippen molar-refractivity contribution in [3.05, 3.63) is 71.3 Å². The summed E-state index contributed by atoms with van der Waals surface area (Å²) in [5, 5.41) is 20.6. The van der Waals surface area contributed by atoms with Crippen LogP contribution in [-0.4, -0.2) is 69.6 Å². The van der Waals surface area contributed by atoms with E-state index in [1.165, 1.54) is 16.7 Å². The zero-order chi connectivity index (χ0) is 28.0. The second kappa shape index (κ2) is 13.0. The van der Waals surface area contributed by atoms with Gasteiger partial charge in [0.15, 0.2) is 6.10 Å². The van der Waals surface area contributed by atoms with Gasteiger partial charge in [-0.3, -0.25) is 14.4 Å². The minimum absolute atomic E-state index is 0.168. The lowest BCUT2D eigenvalue weighted by atomic mass is 9.95. The molecule has 0 saturated carbocycles. The van der Waals surface area contributed by atoms with E-state index < -0.39 is 28.8 Å². The first-order chi connectivity index (χ1) is 18.7. The standard InChI is InChI=1S/C30H40N4O4S/c1-20-10-7-8-13-22(20)18-32-28(37)26-30(2,3)39-19-34(26)29(38)25(35)24(16-21-11-5-4-6-12-21)33-27(36)23-14-9-15-31-17-23/h4-8,10-13,23-26,31,35H,9,14-19H2,1-3H3,(H,32,37)(H,33,36)/t23?,24-,25-,26+/m0/s1. The van der Waals surface area contributed by atoms with E-state index in [0.29, 0.717) is 19.5 Å². The molecule has 0 radical (unpaired) electrons. The van der Waals surface area contributed by atoms with Crippen LogP contribution in [0.5, 0.6) is 0 Å². The van der Waals surface area contributed by atoms with Crippen LogP contribution in [0.15, 0.2) is 54.6 Å². The number of thioether (sulfide) groups is 1. The molecule has 4 N–H and O–H groups in total. The Balaban J connectivity index is 1.50. The highest BCUT2D eigenvalue weighted by Crippen LogP contribution is 2.40. The average molecular weight is 553 g/mol. The highest BCUT2D eigenvalue weighted by Gasteiger charge is 2.49. The predicted octanol–water partition coefficient (Wildman–Crippen LogP) is 2.38. The SMILES string of the molecule is Cc1ccccc1CNC(=O)[C@H]1N(C(=O)[C@@H](O)[C@H](Cc2ccccc2)NC(=O)C2CCCNC2)CSC1(C)C. The van der Waals surface area contributed by atoms with Crippen LogP contribution in [0.3, 0.4) is 0 Å². The van der Waals surface area contributed by atoms with Crippen molar-refractivity contribution in [1.29, 1.82) is 0 Å². The summed E-state index contributed by atoms with van der Waals surface area (Å²) in [7, 11) is 0. The van der Waals surface area contributed by atoms with Crippen LogP contribution in [0.2, 0.25) is 0 Å². The number of nitrogens with zero attached hydrogens (tertiary/aromatic N) is 1. The number of carbonyl (C=O) groups excluding carboxylic acids is 3. The maximum absolute atomic E-state index is 13.8. The van der Waals surface area contributed by atoms with E-state index in [1.807, 2.05) is 75.4 Å². The molecule has 2 aliphatic heterocycles. The van der Waals surface area contributed by atoms with Gasteiger partial charge in [0.25, 0.3) is 5.91 Å². The van der Waals surface area contributed by atoms with E-state index in [4.69, 9.17) is 0 Å². The molecule has 4 rings (SSSR count). The van der Waals surface area contributed by atoms with Crippen LogP contribution >= 0.6 is 11.8 Å². The molecule has 0 aromatic heterocycles. The van der Waals surface area contributed by atoms with Gasteiger partial charge in [-0.15, -0.1) is 11.8 Å². The van der Waals surface area contributed by atoms with Crippen molar-refractivity contribution in [2.75, 3.05) is 19.0 Å². The van der Waals surface area contributed by atoms with Gasteiger partial charge in [0.05, 0.1) is 17.8 Å². The Morgan fingerprint density at radius 1 is 1.10 bits per heavy atom. The summed E-state index contributed by atoms with van der Waals surface area (Å²) in [6.07, 6.45) is 0.476. The van der Waals surface area contributed by atoms with Gasteiger partial charge >= 0.3 is 0 Å². The molecule has 2 aromatic rings. The Bertz CT molecular complexity index is 1150. The van der Waals surface area contributed by atoms with Crippen LogP contribution in [0.25, 0.3) is 0 Å². The van der Waals surface area contributed by atoms with Gasteiger partial charge in [0.1, 0.15) is 6.04 Å². The molecule has 2 aliphatic rings. The van der Waals surface area contributed by atoms with Gasteiger partial charge in [-0.05, 0) is 63.3 Å². The topological polar surface area (TPSA) is 111 Å². The second-order valence-corrected chi connectivity index (χ2v) is 12.6. The van der Waals surface area contributed by atoms with Crippen molar-refractivity contribution in [3.8, 4) is 0 Å². The first-order valence-electron chi connectivity index (χ1n) is 13.7. The lowest BCUT2D eigenvalue weighted by Gasteiger charge is -2.34. The third-order valence-electron chi connectivity index (χ3n) is 7.72. The molecule has 2 fully saturated rings. The molecule has 2 heterocycles. The molecule has 0 bridgehead atoms. The number of rotatable bonds is 9. The molecule has 2 aromatic carbocycles. The number of nitrogens with one attached hydrogen (secondary N) is 3. The average Bonchev–Trinajstić information content (AvgIpc) is 3.27. The quantitative estimate of drug-likeness (QED) is 0.380. The molecule has 1 unspecified atom stereocenters. The van der Waals surface area contributed by atoms with E-state index in [9.17, 15) is 19.5 Å². The lowest BCUT2D eigenvalue weighted by Crippen LogP contribution is -2.59. The van der Waals surface area contributed by atoms with Crippen molar-refractivity contribution < 1.29 is 19.5 Å². The van der Waals surface area contributed by atoms with Crippen LogP contribution in [0.1, 0.15) is 43.4 Å². The summed E-state index contributed by atoms with van der Waals surface area (Å²) in [4.78, 5) is 41.8. The molecule has 39 heavy (non-hydrogen) atoms. The predicted molar refractivity (Wildman–Crippen MR) is 154 cm³/mol. The monoisotopic (exact) mass is 552 g/mol. The van der Waals surface area contributed by atoms with Crippen molar-refractivity contribution in [2.24, 2.45) is 5.92 Å². The molecule has 2 saturated heterocycles. The zero-order valence-electron chi connectivity index (χ0n) is 23.0. The molecule has 210 valence electrons. The fourth-order valence-corrected chi connectivity index (χ4v) is 6.47. The summed E-state index contributed by atoms with van der Waals surface area (Å²) in [6.45, 7) is 7.69. The van der Waals surface area contributed by atoms with Gasteiger partial charge in [-0.2, -0.15) is 0 Å². The Morgan fingerprint density at radius 2 is 1.82 bits per heavy atom. The zero-order valence-corrected chi connectivity index (χ0v) is 23.8. The van der Waals surface area contributed by atoms with Crippen molar-refractivity contribution in [3.63, 3.8) is 0 Å². The summed E-state index contributed by atoms with van der Waals surface area (Å²) >= 11 is 1.50. The van der Waals surface area contributed by atoms with Gasteiger partial charge in [0, 0.05) is 17.8 Å². The minimum atomic E-state index is -1.49. The van der Waals surface area contributed by atoms with E-state index >= 15 is 0 Å². The molecular formula is C30H40N4O4S. The van der Waals surface area contributed by atoms with Gasteiger partial charge in [-0.25, -0.2) is 0 Å². The number of piperidine rings is 1. The molecule has 0 spiro atoms. The molecular weight excluding hydrogens is 512 g/mol. The van der Waals surface area contributed by atoms with Gasteiger partial charge in [-0.1, -0.05) is 54.6 Å². The number of aliphatic hydroxyl groups is 1. The van der Waals surface area contributed by atoms with Crippen LogP contribution in [0.4, 0.5) is 0 Å². The van der Waals surface area contributed by atoms with Crippen LogP contribution in [-0.2, 0) is 27.3 Å². The van der Waals surface area contributed by atoms with Crippen LogP contribution < -0.4 is 16.0 Å². The smallest absolute Gasteiger partial charge is 0.254 e. The maximum atomic E-state index is 13.8. The fraction of sp³-hybridized carbons (Fsp3) is 0.500. The van der Waals surface area contributed by atoms with E-state index in [-0.39, 0.29) is 23.6 Å². The van der Waals surface area contributed by atoms with E-state index in [1.54, 1.807) is 0 Å². The Morgan fingerprint density at radius 3 is 2.51 bits per heavy atom. The summed E-state index contributed by atoms with van der Waals surface area (Å²) in [5.41, 5.74) is 2.99. The molecule has 9 heteroatoms. The third-order valence-corrected chi connectivity index (χ3v) is 9.09. The maximum Gasteiger partial charge on any atom is 0.254 e. The second-order valence-electron chi connectivity index (χ2n) is 11.0. The van der Waals surface area contributed by atoms with Gasteiger partial charge < -0.3 is 26.0 Å². The van der Waals surface area contributed by atoms with E-state index in [2.05, 4.69) is 16.0 Å². The summed E-state index contributed by atoms with van der Waals surface area (Å²) in [6, 6.07) is 15.8. The highest BCUT2D eigenvalue weighted by atomic mass is 32.2. The van der Waals surface area contributed by atoms with Crippen molar-refractivity contribution >= 4 is 29.5 Å². The Kier molecular flexibility index (Phi) is 9.69. The lowest BCUT2D eigenvalue weighted by molar-refractivity contribution is -0.148. The number of carbonyl (C=O) groups is 3.